The predicted molar refractivity (Wildman–Crippen MR) is 95.7 cm³/mol. The fraction of sp³-hybridized carbons (Fsp3) is 0.421. The number of ether oxygens (including phenoxy) is 3. The summed E-state index contributed by atoms with van der Waals surface area (Å²) in [4.78, 5) is 24.3. The summed E-state index contributed by atoms with van der Waals surface area (Å²) in [6, 6.07) is 9.14. The van der Waals surface area contributed by atoms with E-state index in [-0.39, 0.29) is 6.61 Å². The molecule has 1 aromatic heterocycles. The number of rotatable bonds is 5. The summed E-state index contributed by atoms with van der Waals surface area (Å²) in [6.07, 6.45) is 5.21. The van der Waals surface area contributed by atoms with Gasteiger partial charge in [0.25, 0.3) is 5.91 Å². The van der Waals surface area contributed by atoms with Gasteiger partial charge in [-0.3, -0.25) is 4.79 Å². The third-order valence-electron chi connectivity index (χ3n) is 4.73. The molecule has 1 N–H and O–H groups in total. The molecule has 4 rings (SSSR count). The van der Waals surface area contributed by atoms with E-state index < -0.39 is 24.6 Å². The van der Waals surface area contributed by atoms with Crippen LogP contribution in [0.25, 0.3) is 0 Å². The van der Waals surface area contributed by atoms with Gasteiger partial charge in [-0.2, -0.15) is 5.10 Å². The fourth-order valence-corrected chi connectivity index (χ4v) is 3.40. The lowest BCUT2D eigenvalue weighted by Crippen LogP contribution is -2.39. The molecule has 1 amide bonds. The summed E-state index contributed by atoms with van der Waals surface area (Å²) in [7, 11) is 0. The van der Waals surface area contributed by atoms with Gasteiger partial charge in [-0.25, -0.2) is 9.48 Å². The average Bonchev–Trinajstić information content (AvgIpc) is 3.37. The molecule has 0 spiro atoms. The molecule has 8 nitrogen and oxygen atoms in total. The number of benzene rings is 1. The first-order valence-corrected chi connectivity index (χ1v) is 9.09. The Bertz CT molecular complexity index is 828. The van der Waals surface area contributed by atoms with Crippen molar-refractivity contribution in [1.29, 1.82) is 0 Å². The van der Waals surface area contributed by atoms with Crippen molar-refractivity contribution < 1.29 is 23.8 Å². The van der Waals surface area contributed by atoms with E-state index in [4.69, 9.17) is 14.2 Å². The molecule has 0 bridgehead atoms. The molecule has 142 valence electrons. The van der Waals surface area contributed by atoms with Crippen LogP contribution in [-0.2, 0) is 14.3 Å². The molecular formula is C19H21N3O5. The number of anilines is 1. The number of esters is 1. The summed E-state index contributed by atoms with van der Waals surface area (Å²) < 4.78 is 18.0. The minimum atomic E-state index is -0.892. The number of carbonyl (C=O) groups excluding carboxylic acids is 2. The molecule has 1 aromatic carbocycles. The Hall–Kier alpha value is -3.03. The zero-order valence-electron chi connectivity index (χ0n) is 14.8. The Morgan fingerprint density at radius 3 is 2.78 bits per heavy atom. The van der Waals surface area contributed by atoms with Crippen LogP contribution in [0.5, 0.6) is 11.5 Å². The first-order chi connectivity index (χ1) is 13.2. The van der Waals surface area contributed by atoms with Crippen LogP contribution < -0.4 is 14.8 Å². The Morgan fingerprint density at radius 2 is 1.96 bits per heavy atom. The van der Waals surface area contributed by atoms with E-state index in [1.807, 2.05) is 10.7 Å². The Morgan fingerprint density at radius 1 is 1.19 bits per heavy atom. The van der Waals surface area contributed by atoms with Gasteiger partial charge in [0.05, 0.1) is 12.2 Å². The van der Waals surface area contributed by atoms with E-state index in [2.05, 4.69) is 10.4 Å². The van der Waals surface area contributed by atoms with Gasteiger partial charge in [-0.1, -0.05) is 25.0 Å². The number of aromatic nitrogens is 2. The van der Waals surface area contributed by atoms with Crippen molar-refractivity contribution in [3.8, 4) is 11.5 Å². The van der Waals surface area contributed by atoms with Crippen molar-refractivity contribution in [2.75, 3.05) is 18.5 Å². The maximum absolute atomic E-state index is 12.2. The van der Waals surface area contributed by atoms with Crippen molar-refractivity contribution in [2.45, 2.75) is 37.8 Å². The SMILES string of the molecule is O=C(COC(=O)[C@@H]1COc2ccccc2O1)Nc1ccnn1C1CCCC1. The van der Waals surface area contributed by atoms with Gasteiger partial charge in [-0.15, -0.1) is 0 Å². The van der Waals surface area contributed by atoms with Gasteiger partial charge in [0, 0.05) is 6.07 Å². The van der Waals surface area contributed by atoms with E-state index in [1.165, 1.54) is 12.8 Å². The van der Waals surface area contributed by atoms with Crippen molar-refractivity contribution >= 4 is 17.7 Å². The molecule has 0 unspecified atom stereocenters. The van der Waals surface area contributed by atoms with Gasteiger partial charge in [0.1, 0.15) is 12.4 Å². The lowest BCUT2D eigenvalue weighted by atomic mass is 10.2. The largest absolute Gasteiger partial charge is 0.485 e. The normalized spacial score (nSPS) is 18.9. The molecule has 0 radical (unpaired) electrons. The highest BCUT2D eigenvalue weighted by Gasteiger charge is 2.29. The number of hydrogen-bond donors (Lipinski definition) is 1. The second-order valence-electron chi connectivity index (χ2n) is 6.62. The number of carbonyl (C=O) groups is 2. The minimum absolute atomic E-state index is 0.0475. The number of amides is 1. The van der Waals surface area contributed by atoms with Gasteiger partial charge >= 0.3 is 5.97 Å². The number of hydrogen-bond acceptors (Lipinski definition) is 6. The van der Waals surface area contributed by atoms with Crippen molar-refractivity contribution in [1.82, 2.24) is 9.78 Å². The number of para-hydroxylation sites is 2. The Kier molecular flexibility index (Phi) is 4.95. The van der Waals surface area contributed by atoms with Crippen molar-refractivity contribution in [3.05, 3.63) is 36.5 Å². The predicted octanol–water partition coefficient (Wildman–Crippen LogP) is 2.32. The highest BCUT2D eigenvalue weighted by molar-refractivity contribution is 5.92. The van der Waals surface area contributed by atoms with E-state index in [0.29, 0.717) is 23.4 Å². The second kappa shape index (κ2) is 7.69. The molecule has 1 atom stereocenters. The van der Waals surface area contributed by atoms with E-state index in [0.717, 1.165) is 12.8 Å². The third kappa shape index (κ3) is 3.89. The van der Waals surface area contributed by atoms with Crippen LogP contribution in [-0.4, -0.2) is 41.0 Å². The van der Waals surface area contributed by atoms with Gasteiger partial charge in [-0.05, 0) is 25.0 Å². The van der Waals surface area contributed by atoms with Crippen molar-refractivity contribution in [3.63, 3.8) is 0 Å². The molecule has 8 heteroatoms. The zero-order valence-corrected chi connectivity index (χ0v) is 14.8. The van der Waals surface area contributed by atoms with Crippen LogP contribution in [0.15, 0.2) is 36.5 Å². The minimum Gasteiger partial charge on any atom is -0.485 e. The smallest absolute Gasteiger partial charge is 0.351 e. The summed E-state index contributed by atoms with van der Waals surface area (Å²) in [5, 5.41) is 7.05. The molecule has 2 aromatic rings. The summed E-state index contributed by atoms with van der Waals surface area (Å²) in [5.74, 6) is 0.633. The number of nitrogens with zero attached hydrogens (tertiary/aromatic N) is 2. The number of fused-ring (bicyclic) bond motifs is 1. The quantitative estimate of drug-likeness (QED) is 0.811. The van der Waals surface area contributed by atoms with Crippen molar-refractivity contribution in [2.24, 2.45) is 0 Å². The molecule has 1 aliphatic carbocycles. The summed E-state index contributed by atoms with van der Waals surface area (Å²) >= 11 is 0. The van der Waals surface area contributed by atoms with E-state index >= 15 is 0 Å². The van der Waals surface area contributed by atoms with Crippen LogP contribution in [0.1, 0.15) is 31.7 Å². The highest BCUT2D eigenvalue weighted by atomic mass is 16.6. The van der Waals surface area contributed by atoms with Crippen LogP contribution >= 0.6 is 0 Å². The molecule has 1 aliphatic heterocycles. The standard InChI is InChI=1S/C19H21N3O5/c23-18(21-17-9-10-20-22(17)13-5-1-2-6-13)12-26-19(24)16-11-25-14-7-3-4-8-15(14)27-16/h3-4,7-10,13,16H,1-2,5-6,11-12H2,(H,21,23)/t16-/m0/s1. The molecule has 1 saturated carbocycles. The van der Waals surface area contributed by atoms with Gasteiger partial charge in [0.15, 0.2) is 18.1 Å². The van der Waals surface area contributed by atoms with Gasteiger partial charge < -0.3 is 19.5 Å². The maximum Gasteiger partial charge on any atom is 0.351 e. The van der Waals surface area contributed by atoms with E-state index in [9.17, 15) is 9.59 Å². The topological polar surface area (TPSA) is 91.7 Å². The van der Waals surface area contributed by atoms with Crippen LogP contribution in [0, 0.1) is 0 Å². The average molecular weight is 371 g/mol. The Labute approximate surface area is 156 Å². The molecule has 27 heavy (non-hydrogen) atoms. The summed E-state index contributed by atoms with van der Waals surface area (Å²) in [6.45, 7) is -0.345. The highest BCUT2D eigenvalue weighted by Crippen LogP contribution is 2.32. The summed E-state index contributed by atoms with van der Waals surface area (Å²) in [5.41, 5.74) is 0. The number of nitrogens with one attached hydrogen (secondary N) is 1. The van der Waals surface area contributed by atoms with Crippen LogP contribution in [0.4, 0.5) is 5.82 Å². The van der Waals surface area contributed by atoms with E-state index in [1.54, 1.807) is 30.5 Å². The first kappa shape index (κ1) is 17.4. The first-order valence-electron chi connectivity index (χ1n) is 9.09. The lowest BCUT2D eigenvalue weighted by Gasteiger charge is -2.24. The lowest BCUT2D eigenvalue weighted by molar-refractivity contribution is -0.156. The molecule has 0 saturated heterocycles. The third-order valence-corrected chi connectivity index (χ3v) is 4.73. The molecule has 2 heterocycles. The monoisotopic (exact) mass is 371 g/mol. The van der Waals surface area contributed by atoms with Crippen LogP contribution in [0.2, 0.25) is 0 Å². The van der Waals surface area contributed by atoms with Crippen LogP contribution in [0.3, 0.4) is 0 Å². The fourth-order valence-electron chi connectivity index (χ4n) is 3.40. The molecular weight excluding hydrogens is 350 g/mol. The molecule has 2 aliphatic rings. The zero-order chi connectivity index (χ0) is 18.6. The van der Waals surface area contributed by atoms with Gasteiger partial charge in [0.2, 0.25) is 6.10 Å². The Balaban J connectivity index is 1.29. The second-order valence-corrected chi connectivity index (χ2v) is 6.62. The molecule has 1 fully saturated rings. The maximum atomic E-state index is 12.2.